The molecule has 0 fully saturated rings. The largest absolute Gasteiger partial charge is 0.496 e. The van der Waals surface area contributed by atoms with Crippen molar-refractivity contribution in [1.29, 1.82) is 0 Å². The number of methoxy groups -OCH3 is 1. The molecule has 0 aliphatic carbocycles. The summed E-state index contributed by atoms with van der Waals surface area (Å²) in [6.45, 7) is 0.0778. The van der Waals surface area contributed by atoms with Crippen molar-refractivity contribution in [2.45, 2.75) is 6.61 Å². The van der Waals surface area contributed by atoms with Gasteiger partial charge in [0.25, 0.3) is 5.56 Å². The molecule has 10 heteroatoms. The number of nitrogens with zero attached hydrogens (tertiary/aromatic N) is 3. The minimum atomic E-state index is -0.387. The van der Waals surface area contributed by atoms with E-state index in [4.69, 9.17) is 42.1 Å². The smallest absolute Gasteiger partial charge is 0.282 e. The summed E-state index contributed by atoms with van der Waals surface area (Å²) in [4.78, 5) is 18.3. The summed E-state index contributed by atoms with van der Waals surface area (Å²) in [6.07, 6.45) is 1.44. The molecule has 0 amide bonds. The van der Waals surface area contributed by atoms with E-state index < -0.39 is 0 Å². The summed E-state index contributed by atoms with van der Waals surface area (Å²) in [7, 11) is 1.57. The number of hydrogen-bond acceptors (Lipinski definition) is 6. The Kier molecular flexibility index (Phi) is 7.17. The first-order valence-electron chi connectivity index (χ1n) is 12.4. The van der Waals surface area contributed by atoms with E-state index in [1.54, 1.807) is 67.8 Å². The van der Waals surface area contributed by atoms with Gasteiger partial charge >= 0.3 is 0 Å². The van der Waals surface area contributed by atoms with Crippen molar-refractivity contribution in [3.63, 3.8) is 0 Å². The highest BCUT2D eigenvalue weighted by Gasteiger charge is 2.18. The van der Waals surface area contributed by atoms with Crippen LogP contribution in [0.1, 0.15) is 11.1 Å². The van der Waals surface area contributed by atoms with Crippen molar-refractivity contribution in [3.05, 3.63) is 122 Å². The molecule has 0 radical (unpaired) electrons. The average Bonchev–Trinajstić information content (AvgIpc) is 3.41. The lowest BCUT2D eigenvalue weighted by atomic mass is 10.2. The summed E-state index contributed by atoms with van der Waals surface area (Å²) < 4.78 is 31.9. The van der Waals surface area contributed by atoms with Crippen LogP contribution in [0.2, 0.25) is 10.0 Å². The van der Waals surface area contributed by atoms with E-state index in [1.807, 2.05) is 12.1 Å². The number of aromatic nitrogens is 2. The Hall–Kier alpha value is -4.66. The lowest BCUT2D eigenvalue weighted by Gasteiger charge is -2.11. The predicted molar refractivity (Wildman–Crippen MR) is 158 cm³/mol. The van der Waals surface area contributed by atoms with Gasteiger partial charge in [-0.3, -0.25) is 4.79 Å². The number of hydrogen-bond donors (Lipinski definition) is 0. The molecule has 4 aromatic carbocycles. The zero-order valence-corrected chi connectivity index (χ0v) is 23.0. The monoisotopic (exact) mass is 587 g/mol. The summed E-state index contributed by atoms with van der Waals surface area (Å²) in [5.74, 6) is 1.04. The molecule has 41 heavy (non-hydrogen) atoms. The van der Waals surface area contributed by atoms with Crippen LogP contribution < -0.4 is 15.0 Å². The van der Waals surface area contributed by atoms with Crippen LogP contribution in [0.5, 0.6) is 11.5 Å². The van der Waals surface area contributed by atoms with Gasteiger partial charge < -0.3 is 13.9 Å². The van der Waals surface area contributed by atoms with Gasteiger partial charge in [0.15, 0.2) is 11.5 Å². The van der Waals surface area contributed by atoms with Crippen LogP contribution >= 0.6 is 23.2 Å². The van der Waals surface area contributed by atoms with Gasteiger partial charge in [0.2, 0.25) is 5.82 Å². The Balaban J connectivity index is 1.39. The number of rotatable bonds is 7. The predicted octanol–water partition coefficient (Wildman–Crippen LogP) is 7.73. The van der Waals surface area contributed by atoms with Crippen LogP contribution in [-0.2, 0) is 6.61 Å². The molecule has 0 aliphatic heterocycles. The zero-order chi connectivity index (χ0) is 28.5. The zero-order valence-electron chi connectivity index (χ0n) is 21.5. The van der Waals surface area contributed by atoms with Crippen LogP contribution in [0.15, 0.2) is 99.2 Å². The number of para-hydroxylation sites is 1. The average molecular weight is 588 g/mol. The Labute approximate surface area is 243 Å². The van der Waals surface area contributed by atoms with E-state index in [2.05, 4.69) is 5.10 Å². The molecule has 0 atom stereocenters. The van der Waals surface area contributed by atoms with E-state index in [-0.39, 0.29) is 39.6 Å². The third-order valence-electron chi connectivity index (χ3n) is 6.33. The number of ether oxygens (including phenoxy) is 2. The molecule has 204 valence electrons. The molecule has 0 saturated heterocycles. The van der Waals surface area contributed by atoms with Gasteiger partial charge in [-0.1, -0.05) is 53.5 Å². The minimum absolute atomic E-state index is 0.0778. The molecule has 6 rings (SSSR count). The van der Waals surface area contributed by atoms with E-state index in [0.29, 0.717) is 39.1 Å². The van der Waals surface area contributed by atoms with E-state index in [0.717, 1.165) is 5.39 Å². The maximum absolute atomic E-state index is 13.6. The topological polar surface area (TPSA) is 78.9 Å². The van der Waals surface area contributed by atoms with Crippen molar-refractivity contribution >= 4 is 51.3 Å². The lowest BCUT2D eigenvalue weighted by molar-refractivity contribution is 0.306. The summed E-state index contributed by atoms with van der Waals surface area (Å²) in [5, 5.41) is 6.03. The highest BCUT2D eigenvalue weighted by Crippen LogP contribution is 2.35. The second kappa shape index (κ2) is 11.1. The number of fused-ring (bicyclic) bond motifs is 2. The molecule has 0 bridgehead atoms. The first-order valence-corrected chi connectivity index (χ1v) is 13.2. The van der Waals surface area contributed by atoms with Crippen molar-refractivity contribution in [3.8, 4) is 23.1 Å². The van der Waals surface area contributed by atoms with Gasteiger partial charge in [0.1, 0.15) is 23.8 Å². The van der Waals surface area contributed by atoms with E-state index >= 15 is 0 Å². The van der Waals surface area contributed by atoms with E-state index in [9.17, 15) is 9.18 Å². The van der Waals surface area contributed by atoms with Crippen molar-refractivity contribution < 1.29 is 18.3 Å². The molecule has 0 unspecified atom stereocenters. The molecule has 0 N–H and O–H groups in total. The second-order valence-corrected chi connectivity index (χ2v) is 9.84. The quantitative estimate of drug-likeness (QED) is 0.179. The molecule has 2 aromatic heterocycles. The first-order chi connectivity index (χ1) is 19.9. The Morgan fingerprint density at radius 1 is 0.976 bits per heavy atom. The van der Waals surface area contributed by atoms with Crippen LogP contribution in [0, 0.1) is 5.82 Å². The van der Waals surface area contributed by atoms with Gasteiger partial charge in [0.05, 0.1) is 39.7 Å². The fraction of sp³-hybridized carbons (Fsp3) is 0.0645. The molecule has 6 aromatic rings. The number of furan rings is 1. The molecular formula is C31H20Cl2FN3O4. The molecular weight excluding hydrogens is 568 g/mol. The van der Waals surface area contributed by atoms with Gasteiger partial charge in [-0.2, -0.15) is 9.78 Å². The molecule has 0 aliphatic rings. The molecule has 2 heterocycles. The molecule has 0 saturated carbocycles. The summed E-state index contributed by atoms with van der Waals surface area (Å²) in [6, 6.07) is 23.4. The second-order valence-electron chi connectivity index (χ2n) is 9.03. The van der Waals surface area contributed by atoms with Gasteiger partial charge in [-0.25, -0.2) is 9.37 Å². The standard InChI is InChI=1S/C31H20Cl2FN3O4/c1-39-26-10-5-11-27-22(26)15-28(41-27)30-36-25-9-3-2-8-21(25)31(38)37(30)35-16-19-13-23(32)29(24(33)14-19)40-17-18-6-4-7-20(34)12-18/h2-16H,17H2,1H3. The van der Waals surface area contributed by atoms with Gasteiger partial charge in [0, 0.05) is 0 Å². The van der Waals surface area contributed by atoms with Crippen LogP contribution in [0.4, 0.5) is 4.39 Å². The minimum Gasteiger partial charge on any atom is -0.496 e. The number of benzene rings is 4. The van der Waals surface area contributed by atoms with Crippen LogP contribution in [-0.4, -0.2) is 23.0 Å². The maximum Gasteiger partial charge on any atom is 0.282 e. The summed E-state index contributed by atoms with van der Waals surface area (Å²) in [5.41, 5.74) is 1.82. The Morgan fingerprint density at radius 3 is 2.54 bits per heavy atom. The lowest BCUT2D eigenvalue weighted by Crippen LogP contribution is -2.20. The highest BCUT2D eigenvalue weighted by atomic mass is 35.5. The van der Waals surface area contributed by atoms with Gasteiger partial charge in [-0.15, -0.1) is 0 Å². The third kappa shape index (κ3) is 5.27. The van der Waals surface area contributed by atoms with Gasteiger partial charge in [-0.05, 0) is 65.7 Å². The van der Waals surface area contributed by atoms with Crippen molar-refractivity contribution in [2.75, 3.05) is 7.11 Å². The Morgan fingerprint density at radius 2 is 1.76 bits per heavy atom. The number of halogens is 3. The van der Waals surface area contributed by atoms with Crippen molar-refractivity contribution in [1.82, 2.24) is 9.66 Å². The Bertz CT molecular complexity index is 2000. The fourth-order valence-electron chi connectivity index (χ4n) is 4.41. The van der Waals surface area contributed by atoms with E-state index in [1.165, 1.54) is 23.0 Å². The normalized spacial score (nSPS) is 11.5. The maximum atomic E-state index is 13.6. The third-order valence-corrected chi connectivity index (χ3v) is 6.89. The van der Waals surface area contributed by atoms with Crippen LogP contribution in [0.3, 0.4) is 0 Å². The SMILES string of the molecule is COc1cccc2oc(-c3nc4ccccc4c(=O)n3N=Cc3cc(Cl)c(OCc4cccc(F)c4)c(Cl)c3)cc12. The summed E-state index contributed by atoms with van der Waals surface area (Å²) >= 11 is 12.9. The first kappa shape index (κ1) is 26.6. The fourth-order valence-corrected chi connectivity index (χ4v) is 5.02. The molecule has 7 nitrogen and oxygen atoms in total. The highest BCUT2D eigenvalue weighted by molar-refractivity contribution is 6.37. The van der Waals surface area contributed by atoms with Crippen LogP contribution in [0.25, 0.3) is 33.5 Å². The van der Waals surface area contributed by atoms with Crippen molar-refractivity contribution in [2.24, 2.45) is 5.10 Å². The molecule has 0 spiro atoms.